The Morgan fingerprint density at radius 1 is 1.21 bits per heavy atom. The Bertz CT molecular complexity index is 803. The fourth-order valence-corrected chi connectivity index (χ4v) is 2.29. The molecule has 0 fully saturated rings. The van der Waals surface area contributed by atoms with Crippen LogP contribution in [0.25, 0.3) is 5.69 Å². The smallest absolute Gasteiger partial charge is 0.250 e. The monoisotopic (exact) mass is 323 g/mol. The molecule has 1 N–H and O–H groups in total. The summed E-state index contributed by atoms with van der Waals surface area (Å²) in [5, 5.41) is 13.9. The number of carbonyl (C=O) groups is 1. The van der Waals surface area contributed by atoms with Crippen LogP contribution in [-0.2, 0) is 16.1 Å². The number of anilines is 1. The van der Waals surface area contributed by atoms with E-state index in [9.17, 15) is 4.79 Å². The summed E-state index contributed by atoms with van der Waals surface area (Å²) >= 11 is 0. The van der Waals surface area contributed by atoms with Gasteiger partial charge < -0.3 is 10.1 Å². The van der Waals surface area contributed by atoms with E-state index in [1.807, 2.05) is 49.4 Å². The Labute approximate surface area is 139 Å². The van der Waals surface area contributed by atoms with Crippen LogP contribution in [0.1, 0.15) is 11.1 Å². The number of tetrazole rings is 1. The lowest BCUT2D eigenvalue weighted by Crippen LogP contribution is -2.18. The van der Waals surface area contributed by atoms with Crippen LogP contribution >= 0.6 is 0 Å². The van der Waals surface area contributed by atoms with Crippen LogP contribution in [0.5, 0.6) is 0 Å². The van der Waals surface area contributed by atoms with Gasteiger partial charge in [0.25, 0.3) is 0 Å². The molecule has 0 aliphatic heterocycles. The van der Waals surface area contributed by atoms with Crippen LogP contribution in [0, 0.1) is 6.92 Å². The van der Waals surface area contributed by atoms with Gasteiger partial charge >= 0.3 is 0 Å². The molecule has 3 aromatic rings. The Kier molecular flexibility index (Phi) is 4.93. The van der Waals surface area contributed by atoms with E-state index in [1.54, 1.807) is 10.7 Å². The predicted octanol–water partition coefficient (Wildman–Crippen LogP) is 2.13. The quantitative estimate of drug-likeness (QED) is 0.751. The Morgan fingerprint density at radius 2 is 2.04 bits per heavy atom. The first-order valence-corrected chi connectivity index (χ1v) is 7.48. The Balaban J connectivity index is 1.54. The number of hydrogen-bond donors (Lipinski definition) is 1. The van der Waals surface area contributed by atoms with Gasteiger partial charge in [-0.3, -0.25) is 4.79 Å². The molecule has 0 aliphatic rings. The number of aromatic nitrogens is 4. The van der Waals surface area contributed by atoms with Crippen molar-refractivity contribution in [2.24, 2.45) is 0 Å². The molecule has 0 spiro atoms. The second-order valence-corrected chi connectivity index (χ2v) is 5.28. The van der Waals surface area contributed by atoms with Crippen LogP contribution in [0.4, 0.5) is 5.69 Å². The van der Waals surface area contributed by atoms with Crippen LogP contribution in [0.2, 0.25) is 0 Å². The van der Waals surface area contributed by atoms with Crippen LogP contribution < -0.4 is 5.32 Å². The number of nitrogens with one attached hydrogen (secondary N) is 1. The second kappa shape index (κ2) is 7.47. The number of rotatable bonds is 6. The molecule has 1 aromatic heterocycles. The Hall–Kier alpha value is -3.06. The minimum absolute atomic E-state index is 0.00267. The third-order valence-corrected chi connectivity index (χ3v) is 3.42. The highest BCUT2D eigenvalue weighted by Gasteiger charge is 2.07. The largest absolute Gasteiger partial charge is 0.367 e. The molecule has 0 aliphatic carbocycles. The van der Waals surface area contributed by atoms with Crippen LogP contribution in [0.3, 0.4) is 0 Å². The Morgan fingerprint density at radius 3 is 2.75 bits per heavy atom. The van der Waals surface area contributed by atoms with Crippen LogP contribution in [0.15, 0.2) is 54.9 Å². The van der Waals surface area contributed by atoms with Gasteiger partial charge in [-0.25, -0.2) is 4.68 Å². The molecular weight excluding hydrogens is 306 g/mol. The lowest BCUT2D eigenvalue weighted by Gasteiger charge is -2.09. The number of hydrogen-bond acceptors (Lipinski definition) is 5. The van der Waals surface area contributed by atoms with Crippen molar-refractivity contribution in [3.63, 3.8) is 0 Å². The van der Waals surface area contributed by atoms with Crippen molar-refractivity contribution >= 4 is 11.6 Å². The highest BCUT2D eigenvalue weighted by molar-refractivity contribution is 5.91. The highest BCUT2D eigenvalue weighted by Crippen LogP contribution is 2.17. The van der Waals surface area contributed by atoms with Gasteiger partial charge in [0.05, 0.1) is 12.3 Å². The molecule has 2 aromatic carbocycles. The minimum atomic E-state index is -0.194. The first kappa shape index (κ1) is 15.8. The van der Waals surface area contributed by atoms with E-state index in [0.717, 1.165) is 16.8 Å². The van der Waals surface area contributed by atoms with Gasteiger partial charge in [-0.1, -0.05) is 30.3 Å². The summed E-state index contributed by atoms with van der Waals surface area (Å²) in [4.78, 5) is 12.0. The summed E-state index contributed by atoms with van der Waals surface area (Å²) in [6, 6.07) is 15.3. The lowest BCUT2D eigenvalue weighted by atomic mass is 10.2. The van der Waals surface area contributed by atoms with Gasteiger partial charge in [0.2, 0.25) is 5.91 Å². The van der Waals surface area contributed by atoms with Gasteiger partial charge in [0.1, 0.15) is 12.9 Å². The van der Waals surface area contributed by atoms with Crippen molar-refractivity contribution < 1.29 is 9.53 Å². The molecule has 0 saturated heterocycles. The van der Waals surface area contributed by atoms with Gasteiger partial charge in [-0.2, -0.15) is 0 Å². The van der Waals surface area contributed by atoms with E-state index in [0.29, 0.717) is 12.3 Å². The summed E-state index contributed by atoms with van der Waals surface area (Å²) in [5.41, 5.74) is 3.55. The van der Waals surface area contributed by atoms with E-state index >= 15 is 0 Å². The molecule has 3 rings (SSSR count). The molecular formula is C17H17N5O2. The molecule has 0 bridgehead atoms. The molecule has 0 saturated carbocycles. The normalized spacial score (nSPS) is 10.5. The van der Waals surface area contributed by atoms with Crippen molar-refractivity contribution in [2.75, 3.05) is 11.9 Å². The number of benzene rings is 2. The fourth-order valence-electron chi connectivity index (χ4n) is 2.29. The standard InChI is InChI=1S/C17H17N5O2/c1-13-9-15(7-8-16(13)22-12-18-20-21-22)19-17(23)11-24-10-14-5-3-2-4-6-14/h2-9,12H,10-11H2,1H3,(H,19,23). The topological polar surface area (TPSA) is 81.9 Å². The summed E-state index contributed by atoms with van der Waals surface area (Å²) in [7, 11) is 0. The van der Waals surface area contributed by atoms with Crippen molar-refractivity contribution in [3.05, 3.63) is 66.0 Å². The molecule has 0 atom stereocenters. The average Bonchev–Trinajstić information content (AvgIpc) is 3.10. The fraction of sp³-hybridized carbons (Fsp3) is 0.176. The maximum Gasteiger partial charge on any atom is 0.250 e. The predicted molar refractivity (Wildman–Crippen MR) is 88.6 cm³/mol. The number of amides is 1. The van der Waals surface area contributed by atoms with Gasteiger partial charge in [0, 0.05) is 5.69 Å². The highest BCUT2D eigenvalue weighted by atomic mass is 16.5. The zero-order chi connectivity index (χ0) is 16.8. The maximum absolute atomic E-state index is 12.0. The van der Waals surface area contributed by atoms with E-state index in [4.69, 9.17) is 4.74 Å². The first-order chi connectivity index (χ1) is 11.7. The molecule has 0 radical (unpaired) electrons. The van der Waals surface area contributed by atoms with Gasteiger partial charge in [-0.05, 0) is 46.7 Å². The number of nitrogens with zero attached hydrogens (tertiary/aromatic N) is 4. The van der Waals surface area contributed by atoms with Crippen LogP contribution in [-0.4, -0.2) is 32.7 Å². The van der Waals surface area contributed by atoms with E-state index < -0.39 is 0 Å². The first-order valence-electron chi connectivity index (χ1n) is 7.48. The number of aryl methyl sites for hydroxylation is 1. The maximum atomic E-state index is 12.0. The molecule has 0 unspecified atom stereocenters. The van der Waals surface area contributed by atoms with Crippen molar-refractivity contribution in [1.29, 1.82) is 0 Å². The van der Waals surface area contributed by atoms with Crippen molar-refractivity contribution in [1.82, 2.24) is 20.2 Å². The lowest BCUT2D eigenvalue weighted by molar-refractivity contribution is -0.121. The SMILES string of the molecule is Cc1cc(NC(=O)COCc2ccccc2)ccc1-n1cnnn1. The molecule has 1 amide bonds. The molecule has 7 heteroatoms. The molecule has 7 nitrogen and oxygen atoms in total. The molecule has 1 heterocycles. The average molecular weight is 323 g/mol. The van der Waals surface area contributed by atoms with Crippen molar-refractivity contribution in [3.8, 4) is 5.69 Å². The summed E-state index contributed by atoms with van der Waals surface area (Å²) in [6.45, 7) is 2.34. The van der Waals surface area contributed by atoms with Crippen molar-refractivity contribution in [2.45, 2.75) is 13.5 Å². The zero-order valence-electron chi connectivity index (χ0n) is 13.2. The number of carbonyl (C=O) groups excluding carboxylic acids is 1. The van der Waals surface area contributed by atoms with Gasteiger partial charge in [-0.15, -0.1) is 5.10 Å². The summed E-state index contributed by atoms with van der Waals surface area (Å²) in [5.74, 6) is -0.194. The number of ether oxygens (including phenoxy) is 1. The van der Waals surface area contributed by atoms with E-state index in [2.05, 4.69) is 20.8 Å². The van der Waals surface area contributed by atoms with E-state index in [-0.39, 0.29) is 12.5 Å². The van der Waals surface area contributed by atoms with E-state index in [1.165, 1.54) is 6.33 Å². The summed E-state index contributed by atoms with van der Waals surface area (Å²) < 4.78 is 7.00. The third-order valence-electron chi connectivity index (χ3n) is 3.42. The molecule has 24 heavy (non-hydrogen) atoms. The van der Waals surface area contributed by atoms with Gasteiger partial charge in [0.15, 0.2) is 0 Å². The second-order valence-electron chi connectivity index (χ2n) is 5.28. The summed E-state index contributed by atoms with van der Waals surface area (Å²) in [6.07, 6.45) is 1.53. The minimum Gasteiger partial charge on any atom is -0.367 e. The molecule has 122 valence electrons. The zero-order valence-corrected chi connectivity index (χ0v) is 13.2. The third kappa shape index (κ3) is 4.02.